The summed E-state index contributed by atoms with van der Waals surface area (Å²) in [5.41, 5.74) is 8.70. The molecule has 164 valence electrons. The van der Waals surface area contributed by atoms with Gasteiger partial charge in [0, 0.05) is 22.5 Å². The summed E-state index contributed by atoms with van der Waals surface area (Å²) >= 11 is 1.24. The number of primary amides is 1. The zero-order valence-electron chi connectivity index (χ0n) is 17.3. The van der Waals surface area contributed by atoms with Crippen molar-refractivity contribution in [3.63, 3.8) is 0 Å². The highest BCUT2D eigenvalue weighted by Crippen LogP contribution is 2.28. The van der Waals surface area contributed by atoms with Crippen molar-refractivity contribution in [1.29, 1.82) is 0 Å². The van der Waals surface area contributed by atoms with Gasteiger partial charge in [-0.2, -0.15) is 0 Å². The van der Waals surface area contributed by atoms with Crippen molar-refractivity contribution in [3.05, 3.63) is 76.7 Å². The second-order valence-electron chi connectivity index (χ2n) is 6.97. The van der Waals surface area contributed by atoms with Crippen molar-refractivity contribution in [2.75, 3.05) is 11.9 Å². The normalized spacial score (nSPS) is 11.4. The highest BCUT2D eigenvalue weighted by atomic mass is 32.1. The summed E-state index contributed by atoms with van der Waals surface area (Å²) < 4.78 is 4.95. The molecule has 0 unspecified atom stereocenters. The number of rotatable bonds is 6. The number of hydrogen-bond donors (Lipinski definition) is 3. The van der Waals surface area contributed by atoms with E-state index in [4.69, 9.17) is 16.9 Å². The minimum atomic E-state index is -0.932. The number of nitrogens with zero attached hydrogens (tertiary/aromatic N) is 2. The highest BCUT2D eigenvalue weighted by Gasteiger charge is 2.18. The van der Waals surface area contributed by atoms with Crippen LogP contribution in [0.2, 0.25) is 0 Å². The molecule has 0 saturated heterocycles. The first kappa shape index (κ1) is 21.8. The van der Waals surface area contributed by atoms with E-state index in [2.05, 4.69) is 26.5 Å². The number of amides is 3. The van der Waals surface area contributed by atoms with Gasteiger partial charge in [0.05, 0.1) is 11.6 Å². The monoisotopic (exact) mass is 457 g/mol. The van der Waals surface area contributed by atoms with Crippen LogP contribution in [0.1, 0.15) is 16.6 Å². The molecule has 0 bridgehead atoms. The number of anilines is 1. The van der Waals surface area contributed by atoms with Gasteiger partial charge in [0.1, 0.15) is 12.4 Å². The molecule has 2 aromatic heterocycles. The Morgan fingerprint density at radius 2 is 1.94 bits per heavy atom. The predicted molar refractivity (Wildman–Crippen MR) is 128 cm³/mol. The van der Waals surface area contributed by atoms with Crippen LogP contribution in [-0.2, 0) is 4.74 Å². The molecular weight excluding hydrogens is 438 g/mol. The van der Waals surface area contributed by atoms with E-state index in [1.54, 1.807) is 11.6 Å². The molecule has 0 aliphatic carbocycles. The van der Waals surface area contributed by atoms with Gasteiger partial charge in [-0.05, 0) is 23.1 Å². The minimum absolute atomic E-state index is 0.134. The molecular formula is C24H19N5O3S. The fourth-order valence-electron chi connectivity index (χ4n) is 3.33. The zero-order valence-corrected chi connectivity index (χ0v) is 18.1. The summed E-state index contributed by atoms with van der Waals surface area (Å²) in [6, 6.07) is 16.3. The number of pyridine rings is 1. The maximum atomic E-state index is 12.5. The maximum absolute atomic E-state index is 12.5. The Hall–Kier alpha value is -4.42. The van der Waals surface area contributed by atoms with Crippen molar-refractivity contribution in [2.45, 2.75) is 6.04 Å². The second-order valence-corrected chi connectivity index (χ2v) is 7.82. The number of para-hydroxylation sites is 1. The molecule has 0 aliphatic heterocycles. The van der Waals surface area contributed by atoms with Crippen molar-refractivity contribution >= 4 is 40.2 Å². The number of nitrogens with two attached hydrogens (primary N) is 1. The highest BCUT2D eigenvalue weighted by molar-refractivity contribution is 7.10. The SMILES string of the molecule is C#Cc1nc(NC(=O)N[C@@H](COC(N)=O)c2ccc(-c3cccc4cccnc34)cc2)cs1. The van der Waals surface area contributed by atoms with E-state index in [-0.39, 0.29) is 6.61 Å². The molecule has 4 rings (SSSR count). The maximum Gasteiger partial charge on any atom is 0.404 e. The number of fused-ring (bicyclic) bond motifs is 1. The molecule has 9 heteroatoms. The van der Waals surface area contributed by atoms with E-state index in [9.17, 15) is 9.59 Å². The van der Waals surface area contributed by atoms with Crippen LogP contribution >= 0.6 is 11.3 Å². The number of benzene rings is 2. The van der Waals surface area contributed by atoms with Crippen LogP contribution in [0.5, 0.6) is 0 Å². The number of hydrogen-bond acceptors (Lipinski definition) is 6. The van der Waals surface area contributed by atoms with Gasteiger partial charge in [-0.15, -0.1) is 17.8 Å². The van der Waals surface area contributed by atoms with Crippen molar-refractivity contribution in [3.8, 4) is 23.5 Å². The lowest BCUT2D eigenvalue weighted by atomic mass is 9.99. The fourth-order valence-corrected chi connectivity index (χ4v) is 3.88. The average Bonchev–Trinajstić information content (AvgIpc) is 3.29. The molecule has 0 fully saturated rings. The standard InChI is InChI=1S/C24H19N5O3S/c1-2-21-28-20(14-33-21)29-24(31)27-19(13-32-23(25)30)16-10-8-15(9-11-16)18-7-3-5-17-6-4-12-26-22(17)18/h1,3-12,14,19H,13H2,(H2,25,30)(H2,27,29,31)/t19-/m0/s1. The molecule has 4 aromatic rings. The Morgan fingerprint density at radius 1 is 1.15 bits per heavy atom. The van der Waals surface area contributed by atoms with Crippen LogP contribution < -0.4 is 16.4 Å². The van der Waals surface area contributed by atoms with E-state index in [0.29, 0.717) is 10.8 Å². The third-order valence-electron chi connectivity index (χ3n) is 4.82. The van der Waals surface area contributed by atoms with Gasteiger partial charge < -0.3 is 15.8 Å². The third kappa shape index (κ3) is 5.26. The van der Waals surface area contributed by atoms with Gasteiger partial charge >= 0.3 is 12.1 Å². The molecule has 2 aromatic carbocycles. The molecule has 0 radical (unpaired) electrons. The van der Waals surface area contributed by atoms with Gasteiger partial charge in [0.15, 0.2) is 5.01 Å². The first-order chi connectivity index (χ1) is 16.0. The number of terminal acetylenes is 1. The molecule has 33 heavy (non-hydrogen) atoms. The number of carbonyl (C=O) groups is 2. The molecule has 1 atom stereocenters. The number of carbonyl (C=O) groups excluding carboxylic acids is 2. The van der Waals surface area contributed by atoms with Crippen LogP contribution in [0.15, 0.2) is 66.2 Å². The Balaban J connectivity index is 1.54. The lowest BCUT2D eigenvalue weighted by molar-refractivity contribution is 0.144. The Morgan fingerprint density at radius 3 is 2.67 bits per heavy atom. The summed E-state index contributed by atoms with van der Waals surface area (Å²) in [6.45, 7) is -0.134. The molecule has 2 heterocycles. The number of thiazole rings is 1. The zero-order chi connectivity index (χ0) is 23.2. The fraction of sp³-hybridized carbons (Fsp3) is 0.0833. The van der Waals surface area contributed by atoms with Crippen molar-refractivity contribution < 1.29 is 14.3 Å². The van der Waals surface area contributed by atoms with E-state index in [1.807, 2.05) is 54.6 Å². The molecule has 0 spiro atoms. The van der Waals surface area contributed by atoms with E-state index in [0.717, 1.165) is 27.6 Å². The first-order valence-corrected chi connectivity index (χ1v) is 10.8. The van der Waals surface area contributed by atoms with Crippen LogP contribution in [0.25, 0.3) is 22.0 Å². The van der Waals surface area contributed by atoms with Gasteiger partial charge in [-0.3, -0.25) is 10.3 Å². The molecule has 3 amide bonds. The lowest BCUT2D eigenvalue weighted by Crippen LogP contribution is -2.36. The third-order valence-corrected chi connectivity index (χ3v) is 5.60. The average molecular weight is 458 g/mol. The van der Waals surface area contributed by atoms with Crippen LogP contribution in [0.4, 0.5) is 15.4 Å². The number of ether oxygens (including phenoxy) is 1. The van der Waals surface area contributed by atoms with Crippen molar-refractivity contribution in [2.24, 2.45) is 5.73 Å². The predicted octanol–water partition coefficient (Wildman–Crippen LogP) is 4.30. The lowest BCUT2D eigenvalue weighted by Gasteiger charge is -2.19. The van der Waals surface area contributed by atoms with Gasteiger partial charge in [-0.1, -0.05) is 48.5 Å². The topological polar surface area (TPSA) is 119 Å². The minimum Gasteiger partial charge on any atom is -0.447 e. The summed E-state index contributed by atoms with van der Waals surface area (Å²) in [4.78, 5) is 32.2. The molecule has 0 saturated carbocycles. The van der Waals surface area contributed by atoms with Gasteiger partial charge in [0.2, 0.25) is 0 Å². The Labute approximate surface area is 193 Å². The van der Waals surface area contributed by atoms with Gasteiger partial charge in [0.25, 0.3) is 0 Å². The van der Waals surface area contributed by atoms with E-state index in [1.165, 1.54) is 11.3 Å². The number of urea groups is 1. The number of aromatic nitrogens is 2. The smallest absolute Gasteiger partial charge is 0.404 e. The quantitative estimate of drug-likeness (QED) is 0.373. The Kier molecular flexibility index (Phi) is 6.48. The molecule has 8 nitrogen and oxygen atoms in total. The molecule has 4 N–H and O–H groups in total. The van der Waals surface area contributed by atoms with Crippen LogP contribution in [0.3, 0.4) is 0 Å². The van der Waals surface area contributed by atoms with Crippen molar-refractivity contribution in [1.82, 2.24) is 15.3 Å². The summed E-state index contributed by atoms with van der Waals surface area (Å²) in [7, 11) is 0. The van der Waals surface area contributed by atoms with Crippen LogP contribution in [0, 0.1) is 12.3 Å². The van der Waals surface area contributed by atoms with Crippen LogP contribution in [-0.4, -0.2) is 28.7 Å². The summed E-state index contributed by atoms with van der Waals surface area (Å²) in [5, 5.41) is 8.52. The number of nitrogens with one attached hydrogen (secondary N) is 2. The second kappa shape index (κ2) is 9.80. The largest absolute Gasteiger partial charge is 0.447 e. The first-order valence-electron chi connectivity index (χ1n) is 9.89. The summed E-state index contributed by atoms with van der Waals surface area (Å²) in [6.07, 6.45) is 6.14. The summed E-state index contributed by atoms with van der Waals surface area (Å²) in [5.74, 6) is 2.74. The Bertz CT molecular complexity index is 1340. The van der Waals surface area contributed by atoms with E-state index >= 15 is 0 Å². The van der Waals surface area contributed by atoms with Gasteiger partial charge in [-0.25, -0.2) is 14.6 Å². The van der Waals surface area contributed by atoms with E-state index < -0.39 is 18.2 Å². The molecule has 0 aliphatic rings.